The maximum Gasteiger partial charge on any atom is 0.0577 e. The highest BCUT2D eigenvalue weighted by atomic mass is 16.3. The second-order valence-electron chi connectivity index (χ2n) is 12.9. The molecule has 4 rings (SSSR count). The SMILES string of the molecule is CC[C@H](CC[C@H](C)[C@@H]1CC[C@@H]2[C@H]3CC=C4C[C@@H](O)CC[C@]4(C)[C@@H]3CC[C@@]21C)C(C)C. The van der Waals surface area contributed by atoms with Crippen molar-refractivity contribution < 1.29 is 5.11 Å². The van der Waals surface area contributed by atoms with Crippen molar-refractivity contribution in [1.29, 1.82) is 0 Å². The second-order valence-corrected chi connectivity index (χ2v) is 12.9. The predicted molar refractivity (Wildman–Crippen MR) is 128 cm³/mol. The van der Waals surface area contributed by atoms with Crippen molar-refractivity contribution in [2.75, 3.05) is 0 Å². The molecule has 3 saturated carbocycles. The van der Waals surface area contributed by atoms with Crippen LogP contribution < -0.4 is 0 Å². The third-order valence-corrected chi connectivity index (χ3v) is 11.3. The van der Waals surface area contributed by atoms with Crippen LogP contribution in [0.5, 0.6) is 0 Å². The largest absolute Gasteiger partial charge is 0.393 e. The first-order chi connectivity index (χ1) is 14.2. The maximum atomic E-state index is 10.2. The van der Waals surface area contributed by atoms with Crippen LogP contribution in [0.4, 0.5) is 0 Å². The molecule has 9 atom stereocenters. The summed E-state index contributed by atoms with van der Waals surface area (Å²) >= 11 is 0. The fourth-order valence-corrected chi connectivity index (χ4v) is 9.30. The zero-order chi connectivity index (χ0) is 21.7. The summed E-state index contributed by atoms with van der Waals surface area (Å²) in [5.74, 6) is 6.31. The lowest BCUT2D eigenvalue weighted by Crippen LogP contribution is -2.50. The highest BCUT2D eigenvalue weighted by Crippen LogP contribution is 2.67. The molecule has 30 heavy (non-hydrogen) atoms. The van der Waals surface area contributed by atoms with Crippen molar-refractivity contribution in [3.63, 3.8) is 0 Å². The van der Waals surface area contributed by atoms with E-state index in [0.717, 1.165) is 54.3 Å². The molecule has 4 aliphatic carbocycles. The van der Waals surface area contributed by atoms with Crippen molar-refractivity contribution in [1.82, 2.24) is 0 Å². The number of hydrogen-bond donors (Lipinski definition) is 1. The molecule has 0 aromatic rings. The Balaban J connectivity index is 1.47. The molecule has 4 aliphatic rings. The molecule has 0 heterocycles. The van der Waals surface area contributed by atoms with Gasteiger partial charge in [-0.1, -0.05) is 66.0 Å². The maximum absolute atomic E-state index is 10.2. The third-order valence-electron chi connectivity index (χ3n) is 11.3. The summed E-state index contributed by atoms with van der Waals surface area (Å²) in [5.41, 5.74) is 2.59. The molecule has 0 spiro atoms. The van der Waals surface area contributed by atoms with Gasteiger partial charge < -0.3 is 5.11 Å². The van der Waals surface area contributed by atoms with Gasteiger partial charge in [-0.3, -0.25) is 0 Å². The lowest BCUT2D eigenvalue weighted by Gasteiger charge is -2.58. The van der Waals surface area contributed by atoms with E-state index in [0.29, 0.717) is 10.8 Å². The molecule has 3 fully saturated rings. The van der Waals surface area contributed by atoms with E-state index in [1.54, 1.807) is 5.57 Å². The molecular weight excluding hydrogens is 364 g/mol. The molecule has 0 unspecified atom stereocenters. The van der Waals surface area contributed by atoms with Crippen LogP contribution >= 0.6 is 0 Å². The number of allylic oxidation sites excluding steroid dienone is 1. The predicted octanol–water partition coefficient (Wildman–Crippen LogP) is 8.02. The van der Waals surface area contributed by atoms with Gasteiger partial charge in [0.1, 0.15) is 0 Å². The summed E-state index contributed by atoms with van der Waals surface area (Å²) in [6.45, 7) is 15.1. The summed E-state index contributed by atoms with van der Waals surface area (Å²) in [4.78, 5) is 0. The van der Waals surface area contributed by atoms with Crippen molar-refractivity contribution in [3.8, 4) is 0 Å². The summed E-state index contributed by atoms with van der Waals surface area (Å²) in [5, 5.41) is 10.2. The Hall–Kier alpha value is -0.300. The smallest absolute Gasteiger partial charge is 0.0577 e. The van der Waals surface area contributed by atoms with E-state index in [2.05, 4.69) is 47.6 Å². The first-order valence-corrected chi connectivity index (χ1v) is 13.6. The summed E-state index contributed by atoms with van der Waals surface area (Å²) in [6.07, 6.45) is 17.1. The molecule has 0 bridgehead atoms. The Morgan fingerprint density at radius 2 is 1.77 bits per heavy atom. The van der Waals surface area contributed by atoms with Crippen LogP contribution in [0.3, 0.4) is 0 Å². The lowest BCUT2D eigenvalue weighted by molar-refractivity contribution is -0.0575. The van der Waals surface area contributed by atoms with E-state index in [-0.39, 0.29) is 6.10 Å². The fraction of sp³-hybridized carbons (Fsp3) is 0.931. The van der Waals surface area contributed by atoms with Crippen molar-refractivity contribution in [3.05, 3.63) is 11.6 Å². The van der Waals surface area contributed by atoms with Crippen LogP contribution in [0.1, 0.15) is 112 Å². The van der Waals surface area contributed by atoms with Gasteiger partial charge in [-0.25, -0.2) is 0 Å². The molecule has 0 aliphatic heterocycles. The number of aliphatic hydroxyl groups excluding tert-OH is 1. The third kappa shape index (κ3) is 3.74. The quantitative estimate of drug-likeness (QED) is 0.436. The van der Waals surface area contributed by atoms with Gasteiger partial charge in [-0.2, -0.15) is 0 Å². The van der Waals surface area contributed by atoms with Crippen LogP contribution in [0.2, 0.25) is 0 Å². The van der Waals surface area contributed by atoms with Crippen LogP contribution in [0.25, 0.3) is 0 Å². The van der Waals surface area contributed by atoms with Gasteiger partial charge in [0.05, 0.1) is 6.10 Å². The molecule has 1 nitrogen and oxygen atoms in total. The Labute approximate surface area is 187 Å². The van der Waals surface area contributed by atoms with E-state index < -0.39 is 0 Å². The van der Waals surface area contributed by atoms with Crippen molar-refractivity contribution >= 4 is 0 Å². The van der Waals surface area contributed by atoms with E-state index >= 15 is 0 Å². The van der Waals surface area contributed by atoms with Gasteiger partial charge in [-0.15, -0.1) is 0 Å². The average Bonchev–Trinajstić information content (AvgIpc) is 3.06. The molecular formula is C29H50O. The molecule has 172 valence electrons. The molecule has 1 N–H and O–H groups in total. The molecule has 0 radical (unpaired) electrons. The average molecular weight is 415 g/mol. The van der Waals surface area contributed by atoms with E-state index in [4.69, 9.17) is 0 Å². The highest BCUT2D eigenvalue weighted by molar-refractivity contribution is 5.25. The number of aliphatic hydroxyl groups is 1. The van der Waals surface area contributed by atoms with Gasteiger partial charge in [-0.05, 0) is 110 Å². The topological polar surface area (TPSA) is 20.2 Å². The van der Waals surface area contributed by atoms with E-state index in [9.17, 15) is 5.11 Å². The van der Waals surface area contributed by atoms with Gasteiger partial charge in [0.15, 0.2) is 0 Å². The van der Waals surface area contributed by atoms with Gasteiger partial charge in [0.2, 0.25) is 0 Å². The first kappa shape index (κ1) is 22.9. The minimum absolute atomic E-state index is 0.0794. The monoisotopic (exact) mass is 414 g/mol. The standard InChI is InChI=1S/C29H50O/c1-7-21(19(2)3)9-8-20(4)25-12-13-26-24-11-10-22-18-23(30)14-16-28(22,5)27(24)15-17-29(25,26)6/h10,19-21,23-27,30H,7-9,11-18H2,1-6H3/t20-,21+,23-,24+,25-,26+,27+,28-,29+/m0/s1. The van der Waals surface area contributed by atoms with Crippen LogP contribution in [0.15, 0.2) is 11.6 Å². The van der Waals surface area contributed by atoms with Crippen LogP contribution in [-0.2, 0) is 0 Å². The first-order valence-electron chi connectivity index (χ1n) is 13.6. The molecule has 0 aromatic carbocycles. The van der Waals surface area contributed by atoms with Crippen molar-refractivity contribution in [2.45, 2.75) is 118 Å². The Morgan fingerprint density at radius 1 is 1.00 bits per heavy atom. The molecule has 0 aromatic heterocycles. The number of rotatable bonds is 6. The summed E-state index contributed by atoms with van der Waals surface area (Å²) in [7, 11) is 0. The van der Waals surface area contributed by atoms with Crippen LogP contribution in [-0.4, -0.2) is 11.2 Å². The second kappa shape index (κ2) is 8.57. The van der Waals surface area contributed by atoms with Gasteiger partial charge >= 0.3 is 0 Å². The van der Waals surface area contributed by atoms with Crippen molar-refractivity contribution in [2.24, 2.45) is 52.3 Å². The molecule has 0 amide bonds. The fourth-order valence-electron chi connectivity index (χ4n) is 9.30. The minimum Gasteiger partial charge on any atom is -0.393 e. The molecule has 0 saturated heterocycles. The van der Waals surface area contributed by atoms with Crippen LogP contribution in [0, 0.1) is 52.3 Å². The lowest BCUT2D eigenvalue weighted by atomic mass is 9.47. The minimum atomic E-state index is -0.0794. The van der Waals surface area contributed by atoms with Gasteiger partial charge in [0, 0.05) is 0 Å². The number of hydrogen-bond acceptors (Lipinski definition) is 1. The highest BCUT2D eigenvalue weighted by Gasteiger charge is 2.59. The Morgan fingerprint density at radius 3 is 2.47 bits per heavy atom. The Bertz CT molecular complexity index is 634. The zero-order valence-corrected chi connectivity index (χ0v) is 20.9. The summed E-state index contributed by atoms with van der Waals surface area (Å²) in [6, 6.07) is 0. The summed E-state index contributed by atoms with van der Waals surface area (Å²) < 4.78 is 0. The van der Waals surface area contributed by atoms with E-state index in [1.165, 1.54) is 57.8 Å². The normalized spacial score (nSPS) is 45.3. The number of fused-ring (bicyclic) bond motifs is 5. The zero-order valence-electron chi connectivity index (χ0n) is 20.9. The molecule has 1 heteroatoms. The Kier molecular flexibility index (Phi) is 6.53. The van der Waals surface area contributed by atoms with Gasteiger partial charge in [0.25, 0.3) is 0 Å². The van der Waals surface area contributed by atoms with E-state index in [1.807, 2.05) is 0 Å².